The van der Waals surface area contributed by atoms with Crippen LogP contribution in [0.2, 0.25) is 0 Å². The summed E-state index contributed by atoms with van der Waals surface area (Å²) in [5, 5.41) is 7.29. The normalized spacial score (nSPS) is 10.8. The van der Waals surface area contributed by atoms with Crippen LogP contribution < -0.4 is 10.7 Å². The van der Waals surface area contributed by atoms with E-state index in [0.717, 1.165) is 16.5 Å². The van der Waals surface area contributed by atoms with Gasteiger partial charge in [-0.15, -0.1) is 0 Å². The maximum atomic E-state index is 11.7. The van der Waals surface area contributed by atoms with Crippen LogP contribution in [0.5, 0.6) is 0 Å². The molecule has 1 heterocycles. The van der Waals surface area contributed by atoms with Crippen LogP contribution in [-0.4, -0.2) is 23.0 Å². The Morgan fingerprint density at radius 1 is 0.957 bits per heavy atom. The highest BCUT2D eigenvalue weighted by Crippen LogP contribution is 2.15. The zero-order valence-electron chi connectivity index (χ0n) is 12.1. The highest BCUT2D eigenvalue weighted by atomic mass is 16.2. The van der Waals surface area contributed by atoms with E-state index in [4.69, 9.17) is 0 Å². The predicted octanol–water partition coefficient (Wildman–Crippen LogP) is 2.26. The van der Waals surface area contributed by atoms with E-state index in [1.165, 1.54) is 6.21 Å². The fourth-order valence-electron chi connectivity index (χ4n) is 2.12. The fraction of sp³-hybridized carbons (Fsp3) is 0. The molecule has 0 atom stereocenters. The molecule has 0 spiro atoms. The first kappa shape index (κ1) is 14.5. The van der Waals surface area contributed by atoms with Crippen LogP contribution in [0, 0.1) is 0 Å². The van der Waals surface area contributed by atoms with E-state index in [0.29, 0.717) is 5.69 Å². The average Bonchev–Trinajstić information content (AvgIpc) is 2.99. The molecule has 0 aliphatic heterocycles. The summed E-state index contributed by atoms with van der Waals surface area (Å²) in [6, 6.07) is 16.5. The van der Waals surface area contributed by atoms with Gasteiger partial charge in [0.05, 0.1) is 6.21 Å². The van der Waals surface area contributed by atoms with E-state index >= 15 is 0 Å². The molecular weight excluding hydrogens is 292 g/mol. The van der Waals surface area contributed by atoms with Crippen LogP contribution in [0.15, 0.2) is 65.9 Å². The number of nitrogens with one attached hydrogen (secondary N) is 3. The average molecular weight is 306 g/mol. The molecule has 2 amide bonds. The van der Waals surface area contributed by atoms with Crippen molar-refractivity contribution < 1.29 is 9.59 Å². The number of hydrogen-bond acceptors (Lipinski definition) is 3. The molecule has 0 saturated heterocycles. The summed E-state index contributed by atoms with van der Waals surface area (Å²) >= 11 is 0. The van der Waals surface area contributed by atoms with Crippen LogP contribution in [0.3, 0.4) is 0 Å². The molecule has 0 bridgehead atoms. The second kappa shape index (κ2) is 6.57. The van der Waals surface area contributed by atoms with E-state index in [9.17, 15) is 9.59 Å². The number of carbonyl (C=O) groups excluding carboxylic acids is 2. The quantitative estimate of drug-likeness (QED) is 0.394. The topological polar surface area (TPSA) is 86.3 Å². The van der Waals surface area contributed by atoms with Gasteiger partial charge in [0.15, 0.2) is 0 Å². The molecule has 3 N–H and O–H groups in total. The molecule has 0 saturated carbocycles. The van der Waals surface area contributed by atoms with Gasteiger partial charge >= 0.3 is 11.8 Å². The molecule has 3 aromatic rings. The van der Waals surface area contributed by atoms with Crippen LogP contribution in [0.25, 0.3) is 10.9 Å². The minimum Gasteiger partial charge on any atom is -0.361 e. The molecule has 6 nitrogen and oxygen atoms in total. The van der Waals surface area contributed by atoms with Gasteiger partial charge < -0.3 is 10.3 Å². The number of hydrazone groups is 1. The number of benzene rings is 2. The van der Waals surface area contributed by atoms with Crippen molar-refractivity contribution in [3.63, 3.8) is 0 Å². The largest absolute Gasteiger partial charge is 0.361 e. The number of aromatic nitrogens is 1. The number of nitrogens with zero attached hydrogens (tertiary/aromatic N) is 1. The molecule has 114 valence electrons. The molecular formula is C17H14N4O2. The van der Waals surface area contributed by atoms with Gasteiger partial charge in [-0.3, -0.25) is 9.59 Å². The predicted molar refractivity (Wildman–Crippen MR) is 89.1 cm³/mol. The molecule has 6 heteroatoms. The van der Waals surface area contributed by atoms with Crippen molar-refractivity contribution >= 4 is 34.6 Å². The third-order valence-electron chi connectivity index (χ3n) is 3.23. The standard InChI is InChI=1S/C17H14N4O2/c22-16(20-13-6-2-1-3-7-13)17(23)21-19-11-12-10-18-15-9-5-4-8-14(12)15/h1-11,18H,(H,20,22)(H,21,23)/b19-11+. The zero-order valence-corrected chi connectivity index (χ0v) is 12.1. The molecule has 0 aliphatic rings. The Kier molecular flexibility index (Phi) is 4.15. The second-order valence-electron chi connectivity index (χ2n) is 4.81. The van der Waals surface area contributed by atoms with E-state index in [1.807, 2.05) is 30.3 Å². The lowest BCUT2D eigenvalue weighted by Gasteiger charge is -2.02. The Hall–Kier alpha value is -3.41. The summed E-state index contributed by atoms with van der Waals surface area (Å²) in [4.78, 5) is 26.5. The van der Waals surface area contributed by atoms with Crippen LogP contribution in [0.4, 0.5) is 5.69 Å². The highest BCUT2D eigenvalue weighted by molar-refractivity contribution is 6.39. The van der Waals surface area contributed by atoms with Gasteiger partial charge in [-0.05, 0) is 18.2 Å². The third kappa shape index (κ3) is 3.44. The Morgan fingerprint density at radius 2 is 1.70 bits per heavy atom. The van der Waals surface area contributed by atoms with Crippen molar-refractivity contribution in [2.45, 2.75) is 0 Å². The first-order valence-corrected chi connectivity index (χ1v) is 6.99. The van der Waals surface area contributed by atoms with Crippen molar-refractivity contribution in [3.05, 3.63) is 66.4 Å². The summed E-state index contributed by atoms with van der Waals surface area (Å²) in [7, 11) is 0. The Balaban J connectivity index is 1.61. The summed E-state index contributed by atoms with van der Waals surface area (Å²) in [6.07, 6.45) is 3.27. The van der Waals surface area contributed by atoms with Crippen molar-refractivity contribution in [1.82, 2.24) is 10.4 Å². The Bertz CT molecular complexity index is 868. The lowest BCUT2D eigenvalue weighted by atomic mass is 10.2. The number of aromatic amines is 1. The molecule has 23 heavy (non-hydrogen) atoms. The molecule has 2 aromatic carbocycles. The Morgan fingerprint density at radius 3 is 2.52 bits per heavy atom. The van der Waals surface area contributed by atoms with Crippen molar-refractivity contribution in [2.75, 3.05) is 5.32 Å². The number of rotatable bonds is 3. The van der Waals surface area contributed by atoms with Crippen LogP contribution in [0.1, 0.15) is 5.56 Å². The zero-order chi connectivity index (χ0) is 16.1. The van der Waals surface area contributed by atoms with Gasteiger partial charge in [0.1, 0.15) is 0 Å². The first-order chi connectivity index (χ1) is 11.2. The van der Waals surface area contributed by atoms with Crippen molar-refractivity contribution in [3.8, 4) is 0 Å². The van der Waals surface area contributed by atoms with Crippen LogP contribution >= 0.6 is 0 Å². The van der Waals surface area contributed by atoms with Gasteiger partial charge in [0.2, 0.25) is 0 Å². The second-order valence-corrected chi connectivity index (χ2v) is 4.81. The summed E-state index contributed by atoms with van der Waals surface area (Å²) in [6.45, 7) is 0. The van der Waals surface area contributed by atoms with Gasteiger partial charge in [-0.2, -0.15) is 5.10 Å². The number of H-pyrrole nitrogens is 1. The van der Waals surface area contributed by atoms with Crippen molar-refractivity contribution in [2.24, 2.45) is 5.10 Å². The minimum atomic E-state index is -0.829. The fourth-order valence-corrected chi connectivity index (χ4v) is 2.12. The van der Waals surface area contributed by atoms with Gasteiger partial charge in [0, 0.05) is 28.4 Å². The molecule has 3 rings (SSSR count). The first-order valence-electron chi connectivity index (χ1n) is 6.99. The maximum Gasteiger partial charge on any atom is 0.329 e. The molecule has 1 aromatic heterocycles. The monoisotopic (exact) mass is 306 g/mol. The summed E-state index contributed by atoms with van der Waals surface area (Å²) in [5.74, 6) is -1.60. The Labute approximate surface area is 132 Å². The minimum absolute atomic E-state index is 0.549. The number of fused-ring (bicyclic) bond motifs is 1. The lowest BCUT2D eigenvalue weighted by Crippen LogP contribution is -2.32. The van der Waals surface area contributed by atoms with E-state index < -0.39 is 11.8 Å². The molecule has 0 unspecified atom stereocenters. The summed E-state index contributed by atoms with van der Waals surface area (Å²) < 4.78 is 0. The smallest absolute Gasteiger partial charge is 0.329 e. The maximum absolute atomic E-state index is 11.7. The molecule has 0 fully saturated rings. The number of para-hydroxylation sites is 2. The lowest BCUT2D eigenvalue weighted by molar-refractivity contribution is -0.136. The van der Waals surface area contributed by atoms with E-state index in [-0.39, 0.29) is 0 Å². The van der Waals surface area contributed by atoms with E-state index in [1.54, 1.807) is 30.5 Å². The van der Waals surface area contributed by atoms with Gasteiger partial charge in [-0.25, -0.2) is 5.43 Å². The molecule has 0 aliphatic carbocycles. The van der Waals surface area contributed by atoms with Crippen molar-refractivity contribution in [1.29, 1.82) is 0 Å². The molecule has 0 radical (unpaired) electrons. The highest BCUT2D eigenvalue weighted by Gasteiger charge is 2.12. The van der Waals surface area contributed by atoms with Gasteiger partial charge in [0.25, 0.3) is 0 Å². The number of hydrogen-bond donors (Lipinski definition) is 3. The number of anilines is 1. The van der Waals surface area contributed by atoms with E-state index in [2.05, 4.69) is 20.8 Å². The van der Waals surface area contributed by atoms with Crippen LogP contribution in [-0.2, 0) is 9.59 Å². The summed E-state index contributed by atoms with van der Waals surface area (Å²) in [5.41, 5.74) is 4.56. The number of carbonyl (C=O) groups is 2. The third-order valence-corrected chi connectivity index (χ3v) is 3.23. The van der Waals surface area contributed by atoms with Gasteiger partial charge in [-0.1, -0.05) is 36.4 Å². The number of amides is 2. The SMILES string of the molecule is O=C(N/N=C/c1c[nH]c2ccccc12)C(=O)Nc1ccccc1.